The minimum Gasteiger partial charge on any atom is -0.496 e. The van der Waals surface area contributed by atoms with Crippen molar-refractivity contribution in [3.05, 3.63) is 29.3 Å². The van der Waals surface area contributed by atoms with Gasteiger partial charge in [0.1, 0.15) is 11.3 Å². The van der Waals surface area contributed by atoms with Gasteiger partial charge >= 0.3 is 5.97 Å². The fraction of sp³-hybridized carbons (Fsp3) is 0.588. The summed E-state index contributed by atoms with van der Waals surface area (Å²) in [5, 5.41) is 9.12. The maximum absolute atomic E-state index is 11.1. The summed E-state index contributed by atoms with van der Waals surface area (Å²) in [5.74, 6) is 0.201. The number of benzene rings is 1. The fourth-order valence-corrected chi connectivity index (χ4v) is 2.50. The number of carboxylic acids is 1. The molecular weight excluding hydrogens is 266 g/mol. The van der Waals surface area contributed by atoms with Gasteiger partial charge in [0.05, 0.1) is 7.11 Å². The molecule has 0 aliphatic heterocycles. The third-order valence-corrected chi connectivity index (χ3v) is 3.94. The second-order valence-electron chi connectivity index (χ2n) is 6.22. The molecule has 0 heterocycles. The van der Waals surface area contributed by atoms with Gasteiger partial charge in [-0.05, 0) is 49.4 Å². The van der Waals surface area contributed by atoms with E-state index in [2.05, 4.69) is 18.7 Å². The highest BCUT2D eigenvalue weighted by atomic mass is 16.5. The van der Waals surface area contributed by atoms with Gasteiger partial charge in [-0.3, -0.25) is 4.90 Å². The van der Waals surface area contributed by atoms with Crippen LogP contribution in [0.1, 0.15) is 49.0 Å². The molecule has 21 heavy (non-hydrogen) atoms. The number of rotatable bonds is 8. The van der Waals surface area contributed by atoms with Crippen LogP contribution in [0.5, 0.6) is 5.75 Å². The summed E-state index contributed by atoms with van der Waals surface area (Å²) >= 11 is 0. The lowest BCUT2D eigenvalue weighted by Crippen LogP contribution is -2.27. The molecule has 116 valence electrons. The third kappa shape index (κ3) is 4.46. The van der Waals surface area contributed by atoms with Crippen LogP contribution in [0.2, 0.25) is 0 Å². The van der Waals surface area contributed by atoms with Crippen molar-refractivity contribution in [1.82, 2.24) is 4.90 Å². The van der Waals surface area contributed by atoms with Gasteiger partial charge in [-0.25, -0.2) is 4.79 Å². The lowest BCUT2D eigenvalue weighted by molar-refractivity contribution is 0.0693. The quantitative estimate of drug-likeness (QED) is 0.797. The molecule has 4 nitrogen and oxygen atoms in total. The Morgan fingerprint density at radius 2 is 2.14 bits per heavy atom. The smallest absolute Gasteiger partial charge is 0.339 e. The van der Waals surface area contributed by atoms with E-state index in [-0.39, 0.29) is 5.56 Å². The summed E-state index contributed by atoms with van der Waals surface area (Å²) in [6, 6.07) is 6.10. The van der Waals surface area contributed by atoms with Crippen LogP contribution in [-0.2, 0) is 6.54 Å². The zero-order chi connectivity index (χ0) is 15.4. The fourth-order valence-electron chi connectivity index (χ4n) is 2.50. The Balaban J connectivity index is 2.07. The van der Waals surface area contributed by atoms with Crippen molar-refractivity contribution in [2.75, 3.05) is 13.7 Å². The Bertz CT molecular complexity index is 495. The topological polar surface area (TPSA) is 49.8 Å². The summed E-state index contributed by atoms with van der Waals surface area (Å²) in [6.45, 7) is 6.46. The normalized spacial score (nSPS) is 14.7. The molecule has 1 saturated carbocycles. The van der Waals surface area contributed by atoms with Crippen molar-refractivity contribution in [3.8, 4) is 5.75 Å². The van der Waals surface area contributed by atoms with Crippen LogP contribution in [0.4, 0.5) is 0 Å². The van der Waals surface area contributed by atoms with Crippen molar-refractivity contribution in [1.29, 1.82) is 0 Å². The Morgan fingerprint density at radius 1 is 1.43 bits per heavy atom. The highest BCUT2D eigenvalue weighted by Gasteiger charge is 2.28. The Kier molecular flexibility index (Phi) is 5.23. The summed E-state index contributed by atoms with van der Waals surface area (Å²) in [7, 11) is 1.52. The molecule has 2 rings (SSSR count). The molecule has 1 aromatic carbocycles. The van der Waals surface area contributed by atoms with Crippen LogP contribution in [0.3, 0.4) is 0 Å². The molecule has 0 amide bonds. The van der Waals surface area contributed by atoms with Crippen molar-refractivity contribution in [2.45, 2.75) is 45.7 Å². The number of hydrogen-bond donors (Lipinski definition) is 1. The first-order chi connectivity index (χ1) is 10.0. The molecule has 0 aromatic heterocycles. The molecule has 1 fully saturated rings. The summed E-state index contributed by atoms with van der Waals surface area (Å²) in [5.41, 5.74) is 1.34. The molecule has 0 radical (unpaired) electrons. The first kappa shape index (κ1) is 15.8. The SMILES string of the molecule is COc1cc(CN(CCC(C)C)C2CC2)ccc1C(=O)O. The van der Waals surface area contributed by atoms with Gasteiger partial charge in [0.2, 0.25) is 0 Å². The zero-order valence-electron chi connectivity index (χ0n) is 13.1. The first-order valence-corrected chi connectivity index (χ1v) is 7.65. The van der Waals surface area contributed by atoms with Crippen LogP contribution in [0.15, 0.2) is 18.2 Å². The number of methoxy groups -OCH3 is 1. The standard InChI is InChI=1S/C17H25NO3/c1-12(2)8-9-18(14-5-6-14)11-13-4-7-15(17(19)20)16(10-13)21-3/h4,7,10,12,14H,5-6,8-9,11H2,1-3H3,(H,19,20). The molecule has 0 atom stereocenters. The Hall–Kier alpha value is -1.55. The van der Waals surface area contributed by atoms with Gasteiger partial charge in [0.25, 0.3) is 0 Å². The molecule has 1 aliphatic carbocycles. The summed E-state index contributed by atoms with van der Waals surface area (Å²) < 4.78 is 5.20. The van der Waals surface area contributed by atoms with E-state index in [1.165, 1.54) is 26.4 Å². The van der Waals surface area contributed by atoms with Crippen molar-refractivity contribution >= 4 is 5.97 Å². The molecule has 0 spiro atoms. The van der Waals surface area contributed by atoms with Gasteiger partial charge in [0.15, 0.2) is 0 Å². The number of carboxylic acid groups (broad SMARTS) is 1. The van der Waals surface area contributed by atoms with E-state index in [4.69, 9.17) is 9.84 Å². The first-order valence-electron chi connectivity index (χ1n) is 7.65. The lowest BCUT2D eigenvalue weighted by atomic mass is 10.1. The Morgan fingerprint density at radius 3 is 2.67 bits per heavy atom. The number of aromatic carboxylic acids is 1. The van der Waals surface area contributed by atoms with Crippen LogP contribution >= 0.6 is 0 Å². The molecule has 1 aromatic rings. The van der Waals surface area contributed by atoms with E-state index >= 15 is 0 Å². The minimum atomic E-state index is -0.947. The van der Waals surface area contributed by atoms with E-state index in [0.29, 0.717) is 17.7 Å². The van der Waals surface area contributed by atoms with E-state index in [9.17, 15) is 4.79 Å². The average Bonchev–Trinajstić information content (AvgIpc) is 3.27. The number of hydrogen-bond acceptors (Lipinski definition) is 3. The van der Waals surface area contributed by atoms with E-state index < -0.39 is 5.97 Å². The number of nitrogens with zero attached hydrogens (tertiary/aromatic N) is 1. The lowest BCUT2D eigenvalue weighted by Gasteiger charge is -2.23. The Labute approximate surface area is 126 Å². The largest absolute Gasteiger partial charge is 0.496 e. The average molecular weight is 291 g/mol. The van der Waals surface area contributed by atoms with Gasteiger partial charge in [0, 0.05) is 12.6 Å². The van der Waals surface area contributed by atoms with Crippen molar-refractivity contribution in [3.63, 3.8) is 0 Å². The van der Waals surface area contributed by atoms with E-state index in [0.717, 1.165) is 18.7 Å². The molecule has 0 saturated heterocycles. The molecule has 0 unspecified atom stereocenters. The summed E-state index contributed by atoms with van der Waals surface area (Å²) in [4.78, 5) is 13.6. The van der Waals surface area contributed by atoms with Crippen molar-refractivity contribution < 1.29 is 14.6 Å². The second-order valence-corrected chi connectivity index (χ2v) is 6.22. The highest BCUT2D eigenvalue weighted by molar-refractivity contribution is 5.90. The van der Waals surface area contributed by atoms with Crippen LogP contribution in [0, 0.1) is 5.92 Å². The van der Waals surface area contributed by atoms with Gasteiger partial charge in [-0.1, -0.05) is 19.9 Å². The van der Waals surface area contributed by atoms with Crippen LogP contribution in [0.25, 0.3) is 0 Å². The maximum Gasteiger partial charge on any atom is 0.339 e. The van der Waals surface area contributed by atoms with Crippen LogP contribution < -0.4 is 4.74 Å². The maximum atomic E-state index is 11.1. The summed E-state index contributed by atoms with van der Waals surface area (Å²) in [6.07, 6.45) is 3.76. The van der Waals surface area contributed by atoms with Gasteiger partial charge < -0.3 is 9.84 Å². The van der Waals surface area contributed by atoms with E-state index in [1.54, 1.807) is 6.07 Å². The molecule has 1 N–H and O–H groups in total. The second kappa shape index (κ2) is 6.94. The number of carbonyl (C=O) groups is 1. The van der Waals surface area contributed by atoms with Gasteiger partial charge in [-0.15, -0.1) is 0 Å². The zero-order valence-corrected chi connectivity index (χ0v) is 13.1. The monoisotopic (exact) mass is 291 g/mol. The van der Waals surface area contributed by atoms with Gasteiger partial charge in [-0.2, -0.15) is 0 Å². The molecule has 0 bridgehead atoms. The molecule has 4 heteroatoms. The van der Waals surface area contributed by atoms with E-state index in [1.807, 2.05) is 12.1 Å². The van der Waals surface area contributed by atoms with Crippen molar-refractivity contribution in [2.24, 2.45) is 5.92 Å². The third-order valence-electron chi connectivity index (χ3n) is 3.94. The minimum absolute atomic E-state index is 0.224. The number of ether oxygens (including phenoxy) is 1. The predicted molar refractivity (Wildman–Crippen MR) is 82.8 cm³/mol. The molecular formula is C17H25NO3. The highest BCUT2D eigenvalue weighted by Crippen LogP contribution is 2.30. The van der Waals surface area contributed by atoms with Crippen LogP contribution in [-0.4, -0.2) is 35.7 Å². The molecule has 1 aliphatic rings. The predicted octanol–water partition coefficient (Wildman–Crippen LogP) is 3.40.